The highest BCUT2D eigenvalue weighted by atomic mass is 79.9. The number of nitrogens with one attached hydrogen (secondary N) is 1. The van der Waals surface area contributed by atoms with Crippen molar-refractivity contribution >= 4 is 54.8 Å². The monoisotopic (exact) mass is 393 g/mol. The summed E-state index contributed by atoms with van der Waals surface area (Å²) >= 11 is 15.0. The Hall–Kier alpha value is -0.750. The molecule has 0 saturated carbocycles. The maximum absolute atomic E-state index is 12.3. The van der Waals surface area contributed by atoms with E-state index in [-0.39, 0.29) is 14.9 Å². The molecule has 7 heteroatoms. The van der Waals surface area contributed by atoms with Gasteiger partial charge in [0, 0.05) is 14.5 Å². The predicted molar refractivity (Wildman–Crippen MR) is 86.1 cm³/mol. The molecule has 0 saturated heterocycles. The topological polar surface area (TPSA) is 46.2 Å². The minimum atomic E-state index is -3.75. The maximum atomic E-state index is 12.3. The second-order valence-corrected chi connectivity index (χ2v) is 7.60. The van der Waals surface area contributed by atoms with Gasteiger partial charge in [-0.05, 0) is 58.7 Å². The van der Waals surface area contributed by atoms with Gasteiger partial charge in [-0.3, -0.25) is 4.72 Å². The van der Waals surface area contributed by atoms with Gasteiger partial charge in [0.1, 0.15) is 0 Å². The smallest absolute Gasteiger partial charge is 0.262 e. The zero-order chi connectivity index (χ0) is 14.9. The Morgan fingerprint density at radius 2 is 1.65 bits per heavy atom. The van der Waals surface area contributed by atoms with Crippen molar-refractivity contribution in [3.8, 4) is 0 Å². The van der Waals surface area contributed by atoms with E-state index in [0.717, 1.165) is 5.56 Å². The molecule has 0 unspecified atom stereocenters. The zero-order valence-electron chi connectivity index (χ0n) is 10.3. The van der Waals surface area contributed by atoms with Crippen molar-refractivity contribution in [2.45, 2.75) is 11.8 Å². The minimum absolute atomic E-state index is 0.0170. The third-order valence-corrected chi connectivity index (χ3v) is 4.99. The van der Waals surface area contributed by atoms with Crippen molar-refractivity contribution in [3.63, 3.8) is 0 Å². The lowest BCUT2D eigenvalue weighted by molar-refractivity contribution is 0.601. The quantitative estimate of drug-likeness (QED) is 0.807. The molecule has 20 heavy (non-hydrogen) atoms. The third-order valence-electron chi connectivity index (χ3n) is 2.51. The number of anilines is 1. The second kappa shape index (κ2) is 5.93. The van der Waals surface area contributed by atoms with Gasteiger partial charge in [-0.25, -0.2) is 8.42 Å². The van der Waals surface area contributed by atoms with Gasteiger partial charge in [-0.1, -0.05) is 29.3 Å². The molecule has 0 aromatic heterocycles. The molecule has 106 valence electrons. The molecule has 0 aliphatic heterocycles. The van der Waals surface area contributed by atoms with E-state index in [1.165, 1.54) is 18.2 Å². The predicted octanol–water partition coefficient (Wildman–Crippen LogP) is 4.87. The SMILES string of the molecule is Cc1ccc(Br)c(NS(=O)(=O)c2cc(Cl)cc(Cl)c2)c1. The van der Waals surface area contributed by atoms with Crippen molar-refractivity contribution in [2.75, 3.05) is 4.72 Å². The molecule has 0 fully saturated rings. The van der Waals surface area contributed by atoms with E-state index in [2.05, 4.69) is 20.7 Å². The van der Waals surface area contributed by atoms with Crippen molar-refractivity contribution in [1.82, 2.24) is 0 Å². The van der Waals surface area contributed by atoms with Crippen LogP contribution in [0.5, 0.6) is 0 Å². The molecule has 0 radical (unpaired) electrons. The summed E-state index contributed by atoms with van der Waals surface area (Å²) in [6, 6.07) is 9.55. The summed E-state index contributed by atoms with van der Waals surface area (Å²) in [4.78, 5) is 0.0170. The lowest BCUT2D eigenvalue weighted by Crippen LogP contribution is -2.13. The molecule has 2 aromatic carbocycles. The van der Waals surface area contributed by atoms with Crippen LogP contribution in [0, 0.1) is 6.92 Å². The van der Waals surface area contributed by atoms with Crippen LogP contribution < -0.4 is 4.72 Å². The van der Waals surface area contributed by atoms with Crippen LogP contribution in [0.1, 0.15) is 5.56 Å². The molecule has 0 heterocycles. The van der Waals surface area contributed by atoms with Gasteiger partial charge in [-0.2, -0.15) is 0 Å². The summed E-state index contributed by atoms with van der Waals surface area (Å²) in [5, 5.41) is 0.530. The van der Waals surface area contributed by atoms with Gasteiger partial charge in [0.2, 0.25) is 0 Å². The normalized spacial score (nSPS) is 11.4. The van der Waals surface area contributed by atoms with Gasteiger partial charge in [0.05, 0.1) is 10.6 Å². The van der Waals surface area contributed by atoms with Crippen LogP contribution in [0.25, 0.3) is 0 Å². The van der Waals surface area contributed by atoms with E-state index in [1.807, 2.05) is 13.0 Å². The molecule has 0 aliphatic carbocycles. The number of hydrogen-bond donors (Lipinski definition) is 1. The molecule has 2 rings (SSSR count). The van der Waals surface area contributed by atoms with Crippen LogP contribution in [-0.4, -0.2) is 8.42 Å². The summed E-state index contributed by atoms with van der Waals surface area (Å²) in [5.41, 5.74) is 1.40. The van der Waals surface area contributed by atoms with Crippen LogP contribution in [0.15, 0.2) is 45.8 Å². The van der Waals surface area contributed by atoms with Crippen molar-refractivity contribution in [2.24, 2.45) is 0 Å². The molecular weight excluding hydrogens is 385 g/mol. The average molecular weight is 395 g/mol. The largest absolute Gasteiger partial charge is 0.278 e. The fourth-order valence-corrected chi connectivity index (χ4v) is 3.88. The molecular formula is C13H10BrCl2NO2S. The van der Waals surface area contributed by atoms with E-state index in [0.29, 0.717) is 10.2 Å². The number of rotatable bonds is 3. The van der Waals surface area contributed by atoms with Crippen LogP contribution in [0.4, 0.5) is 5.69 Å². The van der Waals surface area contributed by atoms with E-state index in [4.69, 9.17) is 23.2 Å². The van der Waals surface area contributed by atoms with E-state index >= 15 is 0 Å². The van der Waals surface area contributed by atoms with Gasteiger partial charge in [-0.15, -0.1) is 0 Å². The number of sulfonamides is 1. The molecule has 0 atom stereocenters. The first-order chi connectivity index (χ1) is 9.28. The highest BCUT2D eigenvalue weighted by molar-refractivity contribution is 9.10. The average Bonchev–Trinajstić information content (AvgIpc) is 2.32. The van der Waals surface area contributed by atoms with E-state index in [9.17, 15) is 8.42 Å². The molecule has 0 spiro atoms. The fraction of sp³-hybridized carbons (Fsp3) is 0.0769. The van der Waals surface area contributed by atoms with Gasteiger partial charge in [0.25, 0.3) is 10.0 Å². The number of aryl methyl sites for hydroxylation is 1. The van der Waals surface area contributed by atoms with Crippen LogP contribution in [0.2, 0.25) is 10.0 Å². The summed E-state index contributed by atoms with van der Waals surface area (Å²) in [5.74, 6) is 0. The zero-order valence-corrected chi connectivity index (χ0v) is 14.2. The van der Waals surface area contributed by atoms with Crippen molar-refractivity contribution in [1.29, 1.82) is 0 Å². The first-order valence-electron chi connectivity index (χ1n) is 5.53. The second-order valence-electron chi connectivity index (χ2n) is 4.19. The highest BCUT2D eigenvalue weighted by Crippen LogP contribution is 2.28. The van der Waals surface area contributed by atoms with Crippen molar-refractivity contribution < 1.29 is 8.42 Å². The number of halogens is 3. The Kier molecular flexibility index (Phi) is 4.64. The molecule has 0 aliphatic rings. The Morgan fingerprint density at radius 1 is 1.05 bits per heavy atom. The molecule has 0 bridgehead atoms. The van der Waals surface area contributed by atoms with Crippen LogP contribution >= 0.6 is 39.1 Å². The molecule has 3 nitrogen and oxygen atoms in total. The minimum Gasteiger partial charge on any atom is -0.278 e. The lowest BCUT2D eigenvalue weighted by atomic mass is 10.2. The highest BCUT2D eigenvalue weighted by Gasteiger charge is 2.17. The first-order valence-corrected chi connectivity index (χ1v) is 8.56. The summed E-state index contributed by atoms with van der Waals surface area (Å²) in [6.07, 6.45) is 0. The molecule has 2 aromatic rings. The summed E-state index contributed by atoms with van der Waals surface area (Å²) in [6.45, 7) is 1.88. The molecule has 1 N–H and O–H groups in total. The van der Waals surface area contributed by atoms with E-state index < -0.39 is 10.0 Å². The number of benzene rings is 2. The Balaban J connectivity index is 2.43. The van der Waals surface area contributed by atoms with Gasteiger partial charge in [0.15, 0.2) is 0 Å². The van der Waals surface area contributed by atoms with Crippen LogP contribution in [-0.2, 0) is 10.0 Å². The van der Waals surface area contributed by atoms with Crippen LogP contribution in [0.3, 0.4) is 0 Å². The Bertz CT molecular complexity index is 743. The fourth-order valence-electron chi connectivity index (χ4n) is 1.60. The number of hydrogen-bond acceptors (Lipinski definition) is 2. The Labute approximate surface area is 136 Å². The van der Waals surface area contributed by atoms with E-state index in [1.54, 1.807) is 12.1 Å². The lowest BCUT2D eigenvalue weighted by Gasteiger charge is -2.11. The summed E-state index contributed by atoms with van der Waals surface area (Å²) < 4.78 is 27.8. The van der Waals surface area contributed by atoms with Gasteiger partial charge < -0.3 is 0 Å². The van der Waals surface area contributed by atoms with Crippen molar-refractivity contribution in [3.05, 3.63) is 56.5 Å². The van der Waals surface area contributed by atoms with Gasteiger partial charge >= 0.3 is 0 Å². The Morgan fingerprint density at radius 3 is 2.25 bits per heavy atom. The molecule has 0 amide bonds. The third kappa shape index (κ3) is 3.67. The summed E-state index contributed by atoms with van der Waals surface area (Å²) in [7, 11) is -3.75. The maximum Gasteiger partial charge on any atom is 0.262 e. The first kappa shape index (κ1) is 15.6. The standard InChI is InChI=1S/C13H10BrCl2NO2S/c1-8-2-3-12(14)13(4-8)17-20(18,19)11-6-9(15)5-10(16)7-11/h2-7,17H,1H3.